The van der Waals surface area contributed by atoms with Gasteiger partial charge in [-0.25, -0.2) is 0 Å². The Morgan fingerprint density at radius 3 is 2.23 bits per heavy atom. The van der Waals surface area contributed by atoms with E-state index in [1.807, 2.05) is 0 Å². The quantitative estimate of drug-likeness (QED) is 0.896. The van der Waals surface area contributed by atoms with Crippen molar-refractivity contribution in [2.45, 2.75) is 50.9 Å². The topological polar surface area (TPSA) is 35.2 Å². The van der Waals surface area contributed by atoms with Gasteiger partial charge >= 0.3 is 6.36 Å². The van der Waals surface area contributed by atoms with Gasteiger partial charge in [0, 0.05) is 12.0 Å². The van der Waals surface area contributed by atoms with Crippen LogP contribution in [0.25, 0.3) is 0 Å². The molecule has 2 aliphatic carbocycles. The van der Waals surface area contributed by atoms with Crippen molar-refractivity contribution < 1.29 is 17.9 Å². The summed E-state index contributed by atoms with van der Waals surface area (Å²) < 4.78 is 40.5. The molecule has 3 atom stereocenters. The highest BCUT2D eigenvalue weighted by atomic mass is 19.4. The maximum atomic E-state index is 12.2. The van der Waals surface area contributed by atoms with Gasteiger partial charge in [0.15, 0.2) is 0 Å². The number of alkyl halides is 3. The van der Waals surface area contributed by atoms with Crippen molar-refractivity contribution in [3.8, 4) is 5.75 Å². The maximum absolute atomic E-state index is 12.2. The highest BCUT2D eigenvalue weighted by Gasteiger charge is 2.41. The molecule has 121 valence electrons. The van der Waals surface area contributed by atoms with E-state index in [4.69, 9.17) is 5.73 Å². The third kappa shape index (κ3) is 3.40. The normalized spacial score (nSPS) is 29.9. The minimum atomic E-state index is -4.64. The van der Waals surface area contributed by atoms with Gasteiger partial charge in [0.1, 0.15) is 5.75 Å². The summed E-state index contributed by atoms with van der Waals surface area (Å²) in [7, 11) is 0. The van der Waals surface area contributed by atoms with Crippen molar-refractivity contribution in [1.82, 2.24) is 0 Å². The van der Waals surface area contributed by atoms with Gasteiger partial charge in [-0.2, -0.15) is 0 Å². The maximum Gasteiger partial charge on any atom is 0.573 e. The largest absolute Gasteiger partial charge is 0.573 e. The van der Waals surface area contributed by atoms with Crippen LogP contribution < -0.4 is 10.5 Å². The van der Waals surface area contributed by atoms with E-state index < -0.39 is 6.36 Å². The molecule has 2 N–H and O–H groups in total. The van der Waals surface area contributed by atoms with Crippen LogP contribution in [0.15, 0.2) is 24.3 Å². The van der Waals surface area contributed by atoms with Gasteiger partial charge in [0.2, 0.25) is 0 Å². The summed E-state index contributed by atoms with van der Waals surface area (Å²) in [5.41, 5.74) is 7.30. The van der Waals surface area contributed by atoms with Gasteiger partial charge in [-0.1, -0.05) is 25.0 Å². The van der Waals surface area contributed by atoms with Crippen molar-refractivity contribution in [3.63, 3.8) is 0 Å². The molecule has 22 heavy (non-hydrogen) atoms. The summed E-state index contributed by atoms with van der Waals surface area (Å²) in [4.78, 5) is 0. The fourth-order valence-corrected chi connectivity index (χ4v) is 3.84. The average molecular weight is 312 g/mol. The lowest BCUT2D eigenvalue weighted by molar-refractivity contribution is -0.274. The first-order valence-electron chi connectivity index (χ1n) is 7.91. The molecule has 0 bridgehead atoms. The molecule has 0 heterocycles. The van der Waals surface area contributed by atoms with Crippen LogP contribution in [0.3, 0.4) is 0 Å². The SMILES string of the molecule is NC1CCCCC1C1CC[C]1c1ccc(OC(F)(F)F)cc1. The Bertz CT molecular complexity index is 500. The first kappa shape index (κ1) is 15.7. The number of halogens is 3. The average Bonchev–Trinajstić information content (AvgIpc) is 2.41. The van der Waals surface area contributed by atoms with Crippen LogP contribution in [-0.4, -0.2) is 12.4 Å². The molecule has 0 amide bonds. The Morgan fingerprint density at radius 2 is 1.68 bits per heavy atom. The summed E-state index contributed by atoms with van der Waals surface area (Å²) in [6.07, 6.45) is 2.24. The summed E-state index contributed by atoms with van der Waals surface area (Å²) in [6.45, 7) is 0. The fraction of sp³-hybridized carbons (Fsp3) is 0.588. The molecule has 0 aromatic heterocycles. The van der Waals surface area contributed by atoms with Gasteiger partial charge in [0.25, 0.3) is 0 Å². The van der Waals surface area contributed by atoms with Crippen molar-refractivity contribution in [3.05, 3.63) is 35.7 Å². The molecule has 1 aromatic carbocycles. The zero-order valence-corrected chi connectivity index (χ0v) is 12.4. The Kier molecular flexibility index (Phi) is 4.35. The number of nitrogens with two attached hydrogens (primary N) is 1. The van der Waals surface area contributed by atoms with Crippen molar-refractivity contribution in [1.29, 1.82) is 0 Å². The zero-order valence-electron chi connectivity index (χ0n) is 12.4. The van der Waals surface area contributed by atoms with Gasteiger partial charge in [-0.05, 0) is 55.2 Å². The number of rotatable bonds is 3. The lowest BCUT2D eigenvalue weighted by atomic mass is 9.60. The van der Waals surface area contributed by atoms with Gasteiger partial charge < -0.3 is 10.5 Å². The molecule has 0 spiro atoms. The Hall–Kier alpha value is -1.23. The summed E-state index contributed by atoms with van der Waals surface area (Å²) in [5.74, 6) is 2.22. The molecule has 2 saturated carbocycles. The summed E-state index contributed by atoms with van der Waals surface area (Å²) >= 11 is 0. The summed E-state index contributed by atoms with van der Waals surface area (Å²) in [5, 5.41) is 0. The van der Waals surface area contributed by atoms with E-state index in [0.29, 0.717) is 11.8 Å². The van der Waals surface area contributed by atoms with E-state index >= 15 is 0 Å². The second-order valence-corrected chi connectivity index (χ2v) is 6.35. The molecular weight excluding hydrogens is 291 g/mol. The first-order chi connectivity index (χ1) is 10.4. The van der Waals surface area contributed by atoms with Crippen LogP contribution in [0.2, 0.25) is 0 Å². The molecule has 3 rings (SSSR count). The van der Waals surface area contributed by atoms with E-state index in [1.165, 1.54) is 37.3 Å². The highest BCUT2D eigenvalue weighted by molar-refractivity contribution is 5.39. The molecule has 2 aliphatic rings. The monoisotopic (exact) mass is 312 g/mol. The van der Waals surface area contributed by atoms with Crippen LogP contribution in [0, 0.1) is 17.8 Å². The predicted molar refractivity (Wildman–Crippen MR) is 78.1 cm³/mol. The Balaban J connectivity index is 1.66. The van der Waals surface area contributed by atoms with E-state index in [2.05, 4.69) is 4.74 Å². The number of hydrogen-bond donors (Lipinski definition) is 1. The molecule has 2 fully saturated rings. The van der Waals surface area contributed by atoms with Crippen LogP contribution in [-0.2, 0) is 0 Å². The number of hydrogen-bond acceptors (Lipinski definition) is 2. The van der Waals surface area contributed by atoms with Crippen molar-refractivity contribution in [2.24, 2.45) is 17.6 Å². The fourth-order valence-electron chi connectivity index (χ4n) is 3.84. The van der Waals surface area contributed by atoms with Crippen LogP contribution in [0.5, 0.6) is 5.75 Å². The minimum Gasteiger partial charge on any atom is -0.406 e. The number of ether oxygens (including phenoxy) is 1. The Morgan fingerprint density at radius 1 is 1.00 bits per heavy atom. The standard InChI is InChI=1S/C17H21F3NO/c18-17(19,20)22-12-7-5-11(6-8-12)13-9-10-14(13)15-3-1-2-4-16(15)21/h5-8,14-16H,1-4,9-10,21H2. The molecule has 2 nitrogen and oxygen atoms in total. The highest BCUT2D eigenvalue weighted by Crippen LogP contribution is 2.49. The van der Waals surface area contributed by atoms with Gasteiger partial charge in [0.05, 0.1) is 0 Å². The van der Waals surface area contributed by atoms with Gasteiger partial charge in [-0.15, -0.1) is 13.2 Å². The molecule has 5 heteroatoms. The molecular formula is C17H21F3NO. The van der Waals surface area contributed by atoms with Crippen LogP contribution >= 0.6 is 0 Å². The Labute approximate surface area is 128 Å². The lowest BCUT2D eigenvalue weighted by Gasteiger charge is -2.45. The van der Waals surface area contributed by atoms with Gasteiger partial charge in [-0.3, -0.25) is 0 Å². The summed E-state index contributed by atoms with van der Waals surface area (Å²) in [6, 6.07) is 6.52. The van der Waals surface area contributed by atoms with E-state index in [1.54, 1.807) is 12.1 Å². The molecule has 3 unspecified atom stereocenters. The molecule has 1 aromatic rings. The van der Waals surface area contributed by atoms with Crippen LogP contribution in [0.1, 0.15) is 44.1 Å². The number of benzene rings is 1. The molecule has 0 aliphatic heterocycles. The van der Waals surface area contributed by atoms with Crippen molar-refractivity contribution in [2.75, 3.05) is 0 Å². The van der Waals surface area contributed by atoms with Crippen LogP contribution in [0.4, 0.5) is 13.2 Å². The second-order valence-electron chi connectivity index (χ2n) is 6.35. The minimum absolute atomic E-state index is 0.165. The van der Waals surface area contributed by atoms with E-state index in [9.17, 15) is 13.2 Å². The van der Waals surface area contributed by atoms with E-state index in [-0.39, 0.29) is 11.8 Å². The second kappa shape index (κ2) is 6.11. The predicted octanol–water partition coefficient (Wildman–Crippen LogP) is 4.44. The smallest absolute Gasteiger partial charge is 0.406 e. The molecule has 0 saturated heterocycles. The molecule has 1 radical (unpaired) electrons. The lowest BCUT2D eigenvalue weighted by Crippen LogP contribution is -2.43. The first-order valence-corrected chi connectivity index (χ1v) is 7.91. The zero-order chi connectivity index (χ0) is 15.7. The van der Waals surface area contributed by atoms with E-state index in [0.717, 1.165) is 24.8 Å². The third-order valence-electron chi connectivity index (χ3n) is 5.02. The van der Waals surface area contributed by atoms with Crippen molar-refractivity contribution >= 4 is 0 Å². The third-order valence-corrected chi connectivity index (χ3v) is 5.02.